The van der Waals surface area contributed by atoms with Crippen LogP contribution in [0.5, 0.6) is 0 Å². The van der Waals surface area contributed by atoms with Gasteiger partial charge in [0, 0.05) is 64.2 Å². The molecule has 6 nitrogen and oxygen atoms in total. The molecule has 1 heterocycles. The third-order valence-corrected chi connectivity index (χ3v) is 7.66. The summed E-state index contributed by atoms with van der Waals surface area (Å²) in [6.07, 6.45) is 0. The summed E-state index contributed by atoms with van der Waals surface area (Å²) in [7, 11) is 0.142. The maximum absolute atomic E-state index is 13.6. The van der Waals surface area contributed by atoms with Crippen molar-refractivity contribution in [2.45, 2.75) is 10.9 Å². The second-order valence-electron chi connectivity index (χ2n) is 8.67. The van der Waals surface area contributed by atoms with E-state index in [0.29, 0.717) is 0 Å². The topological polar surface area (TPSA) is 55.9 Å². The van der Waals surface area contributed by atoms with E-state index in [4.69, 9.17) is 0 Å². The number of anilines is 2. The Morgan fingerprint density at radius 2 is 1.59 bits per heavy atom. The molecular weight excluding hydrogens is 451 g/mol. The van der Waals surface area contributed by atoms with Gasteiger partial charge in [0.15, 0.2) is 0 Å². The van der Waals surface area contributed by atoms with E-state index < -0.39 is 15.8 Å². The van der Waals surface area contributed by atoms with Gasteiger partial charge in [0.2, 0.25) is 10.0 Å². The SMILES string of the molecule is CN(C)c1ccc([C@H](CNS(=O)(=O)c2cccc(F)c2)N2CCN(c3ccccc3)CC2)cc1. The quantitative estimate of drug-likeness (QED) is 0.530. The highest BCUT2D eigenvalue weighted by Crippen LogP contribution is 2.26. The predicted molar refractivity (Wildman–Crippen MR) is 135 cm³/mol. The second kappa shape index (κ2) is 10.5. The molecule has 0 aliphatic carbocycles. The Morgan fingerprint density at radius 1 is 0.912 bits per heavy atom. The predicted octanol–water partition coefficient (Wildman–Crippen LogP) is 3.73. The highest BCUT2D eigenvalue weighted by molar-refractivity contribution is 7.89. The number of para-hydroxylation sites is 1. The van der Waals surface area contributed by atoms with Crippen LogP contribution >= 0.6 is 0 Å². The van der Waals surface area contributed by atoms with Crippen LogP contribution in [0.15, 0.2) is 83.8 Å². The lowest BCUT2D eigenvalue weighted by Gasteiger charge is -2.40. The smallest absolute Gasteiger partial charge is 0.240 e. The fourth-order valence-corrected chi connectivity index (χ4v) is 5.36. The maximum atomic E-state index is 13.6. The van der Waals surface area contributed by atoms with Crippen LogP contribution < -0.4 is 14.5 Å². The van der Waals surface area contributed by atoms with Gasteiger partial charge in [-0.3, -0.25) is 4.90 Å². The molecule has 8 heteroatoms. The van der Waals surface area contributed by atoms with Crippen molar-refractivity contribution < 1.29 is 12.8 Å². The Bertz CT molecular complexity index is 1180. The number of hydrogen-bond donors (Lipinski definition) is 1. The Kier molecular flexibility index (Phi) is 7.50. The largest absolute Gasteiger partial charge is 0.378 e. The fraction of sp³-hybridized carbons (Fsp3) is 0.308. The Hall–Kier alpha value is -2.94. The van der Waals surface area contributed by atoms with Gasteiger partial charge in [0.25, 0.3) is 0 Å². The molecule has 180 valence electrons. The van der Waals surface area contributed by atoms with Crippen LogP contribution in [0, 0.1) is 5.82 Å². The number of nitrogens with one attached hydrogen (secondary N) is 1. The maximum Gasteiger partial charge on any atom is 0.240 e. The van der Waals surface area contributed by atoms with Gasteiger partial charge in [-0.1, -0.05) is 36.4 Å². The van der Waals surface area contributed by atoms with Gasteiger partial charge in [-0.25, -0.2) is 17.5 Å². The number of benzene rings is 3. The first-order valence-corrected chi connectivity index (χ1v) is 12.9. The van der Waals surface area contributed by atoms with Gasteiger partial charge in [0.1, 0.15) is 5.82 Å². The minimum Gasteiger partial charge on any atom is -0.378 e. The van der Waals surface area contributed by atoms with Crippen molar-refractivity contribution in [1.82, 2.24) is 9.62 Å². The van der Waals surface area contributed by atoms with E-state index in [1.807, 2.05) is 49.3 Å². The highest BCUT2D eigenvalue weighted by Gasteiger charge is 2.27. The summed E-state index contributed by atoms with van der Waals surface area (Å²) in [5, 5.41) is 0. The van der Waals surface area contributed by atoms with Crippen molar-refractivity contribution in [3.63, 3.8) is 0 Å². The summed E-state index contributed by atoms with van der Waals surface area (Å²) in [5.41, 5.74) is 3.32. The summed E-state index contributed by atoms with van der Waals surface area (Å²) < 4.78 is 42.1. The lowest BCUT2D eigenvalue weighted by Crippen LogP contribution is -2.49. The molecule has 0 radical (unpaired) electrons. The van der Waals surface area contributed by atoms with Crippen LogP contribution in [-0.2, 0) is 10.0 Å². The molecule has 1 atom stereocenters. The van der Waals surface area contributed by atoms with Gasteiger partial charge in [-0.2, -0.15) is 0 Å². The molecule has 1 fully saturated rings. The van der Waals surface area contributed by atoms with Crippen LogP contribution in [-0.4, -0.2) is 60.1 Å². The van der Waals surface area contributed by atoms with Gasteiger partial charge in [0.05, 0.1) is 4.90 Å². The van der Waals surface area contributed by atoms with Crippen molar-refractivity contribution in [3.8, 4) is 0 Å². The summed E-state index contributed by atoms with van der Waals surface area (Å²) in [5.74, 6) is -0.573. The van der Waals surface area contributed by atoms with Crippen LogP contribution in [0.4, 0.5) is 15.8 Å². The van der Waals surface area contributed by atoms with E-state index >= 15 is 0 Å². The number of rotatable bonds is 8. The average molecular weight is 483 g/mol. The molecule has 0 amide bonds. The van der Waals surface area contributed by atoms with Crippen LogP contribution in [0.2, 0.25) is 0 Å². The van der Waals surface area contributed by atoms with Crippen molar-refractivity contribution in [2.24, 2.45) is 0 Å². The summed E-state index contributed by atoms with van der Waals surface area (Å²) >= 11 is 0. The third-order valence-electron chi connectivity index (χ3n) is 6.24. The van der Waals surface area contributed by atoms with E-state index in [2.05, 4.69) is 38.8 Å². The highest BCUT2D eigenvalue weighted by atomic mass is 32.2. The zero-order valence-electron chi connectivity index (χ0n) is 19.6. The van der Waals surface area contributed by atoms with Crippen molar-refractivity contribution >= 4 is 21.4 Å². The molecule has 0 bridgehead atoms. The molecular formula is C26H31FN4O2S. The van der Waals surface area contributed by atoms with E-state index in [0.717, 1.165) is 43.5 Å². The Balaban J connectivity index is 1.52. The van der Waals surface area contributed by atoms with Crippen LogP contribution in [0.25, 0.3) is 0 Å². The lowest BCUT2D eigenvalue weighted by molar-refractivity contribution is 0.187. The fourth-order valence-electron chi connectivity index (χ4n) is 4.29. The molecule has 1 N–H and O–H groups in total. The minimum absolute atomic E-state index is 0.0666. The molecule has 3 aromatic carbocycles. The van der Waals surface area contributed by atoms with Gasteiger partial charge < -0.3 is 9.80 Å². The number of hydrogen-bond acceptors (Lipinski definition) is 5. The summed E-state index contributed by atoms with van der Waals surface area (Å²) in [4.78, 5) is 6.63. The molecule has 0 aromatic heterocycles. The first kappa shape index (κ1) is 24.2. The van der Waals surface area contributed by atoms with Crippen molar-refractivity contribution in [2.75, 3.05) is 56.6 Å². The molecule has 1 aliphatic rings. The first-order chi connectivity index (χ1) is 16.3. The molecule has 1 aliphatic heterocycles. The van der Waals surface area contributed by atoms with E-state index in [1.165, 1.54) is 23.9 Å². The Morgan fingerprint density at radius 3 is 2.21 bits per heavy atom. The average Bonchev–Trinajstić information content (AvgIpc) is 2.85. The van der Waals surface area contributed by atoms with Crippen LogP contribution in [0.1, 0.15) is 11.6 Å². The number of halogens is 1. The third kappa shape index (κ3) is 5.75. The minimum atomic E-state index is -3.84. The first-order valence-electron chi connectivity index (χ1n) is 11.4. The van der Waals surface area contributed by atoms with Gasteiger partial charge in [-0.05, 0) is 48.0 Å². The van der Waals surface area contributed by atoms with Crippen LogP contribution in [0.3, 0.4) is 0 Å². The molecule has 0 unspecified atom stereocenters. The standard InChI is InChI=1S/C26H31FN4O2S/c1-29(2)23-13-11-21(12-14-23)26(20-28-34(32,33)25-10-6-7-22(27)19-25)31-17-15-30(16-18-31)24-8-4-3-5-9-24/h3-14,19,26,28H,15-18,20H2,1-2H3/t26-/m0/s1. The van der Waals surface area contributed by atoms with E-state index in [1.54, 1.807) is 0 Å². The molecule has 0 spiro atoms. The monoisotopic (exact) mass is 482 g/mol. The molecule has 0 saturated carbocycles. The normalized spacial score (nSPS) is 15.8. The molecule has 3 aromatic rings. The molecule has 4 rings (SSSR count). The number of sulfonamides is 1. The Labute approximate surface area is 201 Å². The zero-order chi connectivity index (χ0) is 24.1. The summed E-state index contributed by atoms with van der Waals surface area (Å²) in [6, 6.07) is 23.5. The lowest BCUT2D eigenvalue weighted by atomic mass is 10.0. The number of piperazine rings is 1. The van der Waals surface area contributed by atoms with Crippen molar-refractivity contribution in [3.05, 3.63) is 90.2 Å². The number of nitrogens with zero attached hydrogens (tertiary/aromatic N) is 3. The zero-order valence-corrected chi connectivity index (χ0v) is 20.4. The van der Waals surface area contributed by atoms with E-state index in [9.17, 15) is 12.8 Å². The summed E-state index contributed by atoms with van der Waals surface area (Å²) in [6.45, 7) is 3.51. The van der Waals surface area contributed by atoms with E-state index in [-0.39, 0.29) is 17.5 Å². The molecule has 34 heavy (non-hydrogen) atoms. The van der Waals surface area contributed by atoms with Gasteiger partial charge >= 0.3 is 0 Å². The second-order valence-corrected chi connectivity index (χ2v) is 10.4. The van der Waals surface area contributed by atoms with Crippen molar-refractivity contribution in [1.29, 1.82) is 0 Å². The molecule has 1 saturated heterocycles. The van der Waals surface area contributed by atoms with Gasteiger partial charge in [-0.15, -0.1) is 0 Å².